The first-order valence-electron chi connectivity index (χ1n) is 5.91. The summed E-state index contributed by atoms with van der Waals surface area (Å²) in [4.78, 5) is 13.2. The van der Waals surface area contributed by atoms with Crippen LogP contribution < -0.4 is 11.1 Å². The summed E-state index contributed by atoms with van der Waals surface area (Å²) in [5, 5.41) is 5.04. The van der Waals surface area contributed by atoms with Crippen LogP contribution in [-0.4, -0.2) is 12.5 Å². The topological polar surface area (TPSA) is 55.1 Å². The fourth-order valence-corrected chi connectivity index (χ4v) is 3.81. The van der Waals surface area contributed by atoms with Crippen LogP contribution in [0.2, 0.25) is 0 Å². The van der Waals surface area contributed by atoms with E-state index in [2.05, 4.69) is 21.2 Å². The van der Waals surface area contributed by atoms with Gasteiger partial charge in [-0.15, -0.1) is 11.3 Å². The van der Waals surface area contributed by atoms with Crippen molar-refractivity contribution in [3.8, 4) is 0 Å². The van der Waals surface area contributed by atoms with E-state index in [9.17, 15) is 4.79 Å². The summed E-state index contributed by atoms with van der Waals surface area (Å²) in [5.41, 5.74) is 5.69. The van der Waals surface area contributed by atoms with Crippen LogP contribution in [0.5, 0.6) is 0 Å². The second-order valence-corrected chi connectivity index (χ2v) is 6.39. The fourth-order valence-electron chi connectivity index (χ4n) is 2.42. The number of thiophene rings is 1. The lowest BCUT2D eigenvalue weighted by molar-refractivity contribution is -0.126. The molecule has 1 aromatic rings. The Bertz CT molecular complexity index is 394. The van der Waals surface area contributed by atoms with Crippen molar-refractivity contribution in [3.05, 3.63) is 20.8 Å². The van der Waals surface area contributed by atoms with Crippen LogP contribution in [0.25, 0.3) is 0 Å². The Labute approximate surface area is 114 Å². The molecule has 1 aliphatic carbocycles. The molecule has 1 fully saturated rings. The van der Waals surface area contributed by atoms with Crippen LogP contribution in [-0.2, 0) is 11.3 Å². The van der Waals surface area contributed by atoms with E-state index >= 15 is 0 Å². The molecule has 0 spiro atoms. The highest BCUT2D eigenvalue weighted by atomic mass is 79.9. The largest absolute Gasteiger partial charge is 0.351 e. The van der Waals surface area contributed by atoms with Crippen molar-refractivity contribution in [1.29, 1.82) is 0 Å². The highest BCUT2D eigenvalue weighted by Gasteiger charge is 2.31. The zero-order chi connectivity index (χ0) is 12.3. The maximum absolute atomic E-state index is 12.0. The predicted molar refractivity (Wildman–Crippen MR) is 73.8 cm³/mol. The average Bonchev–Trinajstić information content (AvgIpc) is 2.94. The van der Waals surface area contributed by atoms with Crippen molar-refractivity contribution in [2.45, 2.75) is 25.8 Å². The number of halogens is 1. The quantitative estimate of drug-likeness (QED) is 0.896. The monoisotopic (exact) mass is 316 g/mol. The van der Waals surface area contributed by atoms with Gasteiger partial charge in [0, 0.05) is 20.6 Å². The lowest BCUT2D eigenvalue weighted by atomic mass is 9.95. The molecule has 2 atom stereocenters. The van der Waals surface area contributed by atoms with Crippen LogP contribution in [0.1, 0.15) is 24.1 Å². The van der Waals surface area contributed by atoms with Gasteiger partial charge in [-0.2, -0.15) is 0 Å². The summed E-state index contributed by atoms with van der Waals surface area (Å²) in [7, 11) is 0. The highest BCUT2D eigenvalue weighted by molar-refractivity contribution is 9.10. The first-order valence-corrected chi connectivity index (χ1v) is 7.58. The van der Waals surface area contributed by atoms with Gasteiger partial charge in [0.05, 0.1) is 6.54 Å². The minimum atomic E-state index is 0.128. The molecule has 1 aliphatic rings. The summed E-state index contributed by atoms with van der Waals surface area (Å²) in [6.45, 7) is 1.26. The Morgan fingerprint density at radius 2 is 2.41 bits per heavy atom. The van der Waals surface area contributed by atoms with Gasteiger partial charge in [0.1, 0.15) is 0 Å². The number of hydrogen-bond acceptors (Lipinski definition) is 3. The minimum Gasteiger partial charge on any atom is -0.351 e. The molecular formula is C12H17BrN2OS. The number of nitrogens with two attached hydrogens (primary N) is 1. The van der Waals surface area contributed by atoms with E-state index in [1.165, 1.54) is 4.88 Å². The zero-order valence-corrected chi connectivity index (χ0v) is 12.0. The van der Waals surface area contributed by atoms with Crippen molar-refractivity contribution in [1.82, 2.24) is 5.32 Å². The van der Waals surface area contributed by atoms with Gasteiger partial charge < -0.3 is 11.1 Å². The lowest BCUT2D eigenvalue weighted by Gasteiger charge is -2.16. The van der Waals surface area contributed by atoms with Gasteiger partial charge in [-0.25, -0.2) is 0 Å². The van der Waals surface area contributed by atoms with E-state index in [1.54, 1.807) is 11.3 Å². The van der Waals surface area contributed by atoms with Crippen LogP contribution in [0.4, 0.5) is 0 Å². The van der Waals surface area contributed by atoms with Gasteiger partial charge >= 0.3 is 0 Å². The average molecular weight is 317 g/mol. The number of amides is 1. The maximum atomic E-state index is 12.0. The third-order valence-electron chi connectivity index (χ3n) is 3.36. The molecule has 0 bridgehead atoms. The number of carbonyl (C=O) groups is 1. The van der Waals surface area contributed by atoms with E-state index in [-0.39, 0.29) is 11.8 Å². The molecule has 1 heterocycles. The van der Waals surface area contributed by atoms with Crippen LogP contribution in [0.3, 0.4) is 0 Å². The van der Waals surface area contributed by atoms with Gasteiger partial charge in [-0.1, -0.05) is 6.42 Å². The molecule has 1 aromatic heterocycles. The first kappa shape index (κ1) is 13.1. The maximum Gasteiger partial charge on any atom is 0.223 e. The second-order valence-electron chi connectivity index (χ2n) is 4.48. The van der Waals surface area contributed by atoms with Gasteiger partial charge in [-0.3, -0.25) is 4.79 Å². The molecule has 94 valence electrons. The van der Waals surface area contributed by atoms with Gasteiger partial charge in [0.25, 0.3) is 0 Å². The minimum absolute atomic E-state index is 0.128. The smallest absolute Gasteiger partial charge is 0.223 e. The van der Waals surface area contributed by atoms with Gasteiger partial charge in [0.2, 0.25) is 5.91 Å². The molecule has 0 unspecified atom stereocenters. The Morgan fingerprint density at radius 3 is 3.06 bits per heavy atom. The van der Waals surface area contributed by atoms with E-state index < -0.39 is 0 Å². The predicted octanol–water partition coefficient (Wildman–Crippen LogP) is 2.50. The van der Waals surface area contributed by atoms with E-state index in [0.717, 1.165) is 23.7 Å². The molecule has 2 rings (SSSR count). The van der Waals surface area contributed by atoms with Crippen molar-refractivity contribution in [3.63, 3.8) is 0 Å². The summed E-state index contributed by atoms with van der Waals surface area (Å²) in [6.07, 6.45) is 3.21. The molecule has 0 saturated heterocycles. The fraction of sp³-hybridized carbons (Fsp3) is 0.583. The molecule has 17 heavy (non-hydrogen) atoms. The summed E-state index contributed by atoms with van der Waals surface area (Å²) in [6, 6.07) is 2.04. The summed E-state index contributed by atoms with van der Waals surface area (Å²) < 4.78 is 1.08. The molecule has 0 radical (unpaired) electrons. The summed E-state index contributed by atoms with van der Waals surface area (Å²) in [5.74, 6) is 0.677. The van der Waals surface area contributed by atoms with Crippen molar-refractivity contribution in [2.24, 2.45) is 17.6 Å². The Morgan fingerprint density at radius 1 is 1.59 bits per heavy atom. The van der Waals surface area contributed by atoms with E-state index in [4.69, 9.17) is 5.73 Å². The Balaban J connectivity index is 1.84. The van der Waals surface area contributed by atoms with Crippen LogP contribution in [0, 0.1) is 11.8 Å². The lowest BCUT2D eigenvalue weighted by Crippen LogP contribution is -2.34. The normalized spacial score (nSPS) is 23.9. The third kappa shape index (κ3) is 3.30. The van der Waals surface area contributed by atoms with Crippen molar-refractivity contribution < 1.29 is 4.79 Å². The van der Waals surface area contributed by atoms with Gasteiger partial charge in [-0.05, 0) is 47.3 Å². The highest BCUT2D eigenvalue weighted by Crippen LogP contribution is 2.31. The first-order chi connectivity index (χ1) is 8.20. The van der Waals surface area contributed by atoms with Gasteiger partial charge in [0.15, 0.2) is 0 Å². The molecule has 5 heteroatoms. The number of carbonyl (C=O) groups excluding carboxylic acids is 1. The Hall–Kier alpha value is -0.390. The third-order valence-corrected chi connectivity index (χ3v) is 5.05. The number of hydrogen-bond donors (Lipinski definition) is 2. The van der Waals surface area contributed by atoms with Crippen molar-refractivity contribution in [2.75, 3.05) is 6.54 Å². The van der Waals surface area contributed by atoms with Crippen LogP contribution in [0.15, 0.2) is 15.9 Å². The number of nitrogens with one attached hydrogen (secondary N) is 1. The molecule has 1 amide bonds. The van der Waals surface area contributed by atoms with E-state index in [1.807, 2.05) is 11.4 Å². The SMILES string of the molecule is NC[C@H]1CCC[C@H]1C(=O)NCc1cc(Br)cs1. The standard InChI is InChI=1S/C12H17BrN2OS/c13-9-4-10(17-7-9)6-15-12(16)11-3-1-2-8(11)5-14/h4,7-8,11H,1-3,5-6,14H2,(H,15,16)/t8-,11-/m1/s1. The molecule has 3 N–H and O–H groups in total. The second kappa shape index (κ2) is 5.98. The molecule has 0 aromatic carbocycles. The summed E-state index contributed by atoms with van der Waals surface area (Å²) >= 11 is 5.06. The van der Waals surface area contributed by atoms with E-state index in [0.29, 0.717) is 19.0 Å². The Kier molecular flexibility index (Phi) is 4.59. The molecule has 1 saturated carbocycles. The molecule has 0 aliphatic heterocycles. The van der Waals surface area contributed by atoms with Crippen molar-refractivity contribution >= 4 is 33.2 Å². The number of rotatable bonds is 4. The zero-order valence-electron chi connectivity index (χ0n) is 9.62. The molecular weight excluding hydrogens is 300 g/mol. The van der Waals surface area contributed by atoms with Crippen LogP contribution >= 0.6 is 27.3 Å². The molecule has 3 nitrogen and oxygen atoms in total.